The Kier molecular flexibility index (Phi) is 3.01. The van der Waals surface area contributed by atoms with Crippen LogP contribution < -0.4 is 10.5 Å². The van der Waals surface area contributed by atoms with Gasteiger partial charge in [0.15, 0.2) is 0 Å². The predicted molar refractivity (Wildman–Crippen MR) is 72.9 cm³/mol. The van der Waals surface area contributed by atoms with E-state index in [4.69, 9.17) is 22.1 Å². The van der Waals surface area contributed by atoms with Gasteiger partial charge in [0.25, 0.3) is 0 Å². The second-order valence-corrected chi connectivity index (χ2v) is 6.48. The zero-order valence-electron chi connectivity index (χ0n) is 9.62. The van der Waals surface area contributed by atoms with Crippen molar-refractivity contribution in [3.05, 3.63) is 28.8 Å². The molecule has 1 aromatic carbocycles. The fraction of sp³-hybridized carbons (Fsp3) is 0.538. The van der Waals surface area contributed by atoms with Gasteiger partial charge < -0.3 is 10.5 Å². The molecule has 0 radical (unpaired) electrons. The smallest absolute Gasteiger partial charge is 0.125 e. The van der Waals surface area contributed by atoms with Gasteiger partial charge in [-0.3, -0.25) is 0 Å². The fourth-order valence-electron chi connectivity index (χ4n) is 2.76. The number of halogens is 1. The second-order valence-electron chi connectivity index (χ2n) is 4.93. The number of fused-ring (bicyclic) bond motifs is 1. The standard InChI is InChI=1S/C13H16ClNOS/c14-9-2-3-12-10(6-9)11(15)7-13(16-12)4-1-5-17-8-13/h2-3,6,11H,1,4-5,7-8,15H2/t11-,13?/m0/s1. The maximum absolute atomic E-state index is 6.27. The summed E-state index contributed by atoms with van der Waals surface area (Å²) in [5.41, 5.74) is 7.29. The largest absolute Gasteiger partial charge is 0.486 e. The van der Waals surface area contributed by atoms with Crippen LogP contribution in [0.1, 0.15) is 30.9 Å². The van der Waals surface area contributed by atoms with Crippen molar-refractivity contribution < 1.29 is 4.74 Å². The first-order valence-electron chi connectivity index (χ1n) is 6.00. The lowest BCUT2D eigenvalue weighted by Crippen LogP contribution is -2.46. The van der Waals surface area contributed by atoms with E-state index in [9.17, 15) is 0 Å². The Morgan fingerprint density at radius 3 is 3.12 bits per heavy atom. The third kappa shape index (κ3) is 2.16. The van der Waals surface area contributed by atoms with Crippen molar-refractivity contribution in [1.29, 1.82) is 0 Å². The number of benzene rings is 1. The SMILES string of the molecule is N[C@H]1CC2(CCCSC2)Oc2ccc(Cl)cc21. The van der Waals surface area contributed by atoms with E-state index < -0.39 is 0 Å². The molecule has 92 valence electrons. The first-order chi connectivity index (χ1) is 8.19. The van der Waals surface area contributed by atoms with Crippen molar-refractivity contribution in [3.8, 4) is 5.75 Å². The van der Waals surface area contributed by atoms with Gasteiger partial charge in [0.1, 0.15) is 11.4 Å². The van der Waals surface area contributed by atoms with E-state index in [1.807, 2.05) is 30.0 Å². The van der Waals surface area contributed by atoms with Crippen LogP contribution in [-0.2, 0) is 0 Å². The van der Waals surface area contributed by atoms with Crippen LogP contribution in [0, 0.1) is 0 Å². The molecule has 2 nitrogen and oxygen atoms in total. The normalized spacial score (nSPS) is 32.0. The molecule has 2 aliphatic rings. The summed E-state index contributed by atoms with van der Waals surface area (Å²) >= 11 is 7.98. The van der Waals surface area contributed by atoms with Crippen molar-refractivity contribution in [1.82, 2.24) is 0 Å². The highest BCUT2D eigenvalue weighted by molar-refractivity contribution is 7.99. The van der Waals surface area contributed by atoms with Gasteiger partial charge in [-0.1, -0.05) is 11.6 Å². The van der Waals surface area contributed by atoms with Crippen molar-refractivity contribution in [3.63, 3.8) is 0 Å². The third-order valence-electron chi connectivity index (χ3n) is 3.58. The Bertz CT molecular complexity index is 431. The number of hydrogen-bond donors (Lipinski definition) is 1. The predicted octanol–water partition coefficient (Wildman–Crippen LogP) is 3.39. The summed E-state index contributed by atoms with van der Waals surface area (Å²) in [6, 6.07) is 5.82. The molecule has 3 rings (SSSR count). The minimum atomic E-state index is -0.0385. The van der Waals surface area contributed by atoms with Gasteiger partial charge in [0.05, 0.1) is 0 Å². The molecule has 1 spiro atoms. The lowest BCUT2D eigenvalue weighted by atomic mass is 9.85. The molecule has 1 unspecified atom stereocenters. The Hall–Kier alpha value is -0.380. The summed E-state index contributed by atoms with van der Waals surface area (Å²) in [6.07, 6.45) is 3.25. The minimum Gasteiger partial charge on any atom is -0.486 e. The van der Waals surface area contributed by atoms with E-state index in [-0.39, 0.29) is 11.6 Å². The van der Waals surface area contributed by atoms with E-state index in [2.05, 4.69) is 0 Å². The van der Waals surface area contributed by atoms with Gasteiger partial charge in [-0.05, 0) is 36.8 Å². The lowest BCUT2D eigenvalue weighted by molar-refractivity contribution is 0.0472. The monoisotopic (exact) mass is 269 g/mol. The highest BCUT2D eigenvalue weighted by Crippen LogP contribution is 2.44. The zero-order chi connectivity index (χ0) is 11.9. The van der Waals surface area contributed by atoms with Crippen LogP contribution in [0.25, 0.3) is 0 Å². The van der Waals surface area contributed by atoms with Gasteiger partial charge >= 0.3 is 0 Å². The number of ether oxygens (including phenoxy) is 1. The van der Waals surface area contributed by atoms with Crippen LogP contribution >= 0.6 is 23.4 Å². The van der Waals surface area contributed by atoms with Crippen LogP contribution in [0.4, 0.5) is 0 Å². The molecule has 0 aliphatic carbocycles. The Morgan fingerprint density at radius 1 is 1.47 bits per heavy atom. The number of thioether (sulfide) groups is 1. The highest BCUT2D eigenvalue weighted by Gasteiger charge is 2.41. The summed E-state index contributed by atoms with van der Waals surface area (Å²) in [5, 5.41) is 0.733. The van der Waals surface area contributed by atoms with E-state index in [1.165, 1.54) is 12.2 Å². The lowest BCUT2D eigenvalue weighted by Gasteiger charge is -2.43. The average Bonchev–Trinajstić information content (AvgIpc) is 2.31. The molecule has 0 amide bonds. The Labute approximate surface area is 111 Å². The summed E-state index contributed by atoms with van der Waals surface area (Å²) in [7, 11) is 0. The first-order valence-corrected chi connectivity index (χ1v) is 7.54. The molecule has 2 aliphatic heterocycles. The summed E-state index contributed by atoms with van der Waals surface area (Å²) < 4.78 is 6.23. The minimum absolute atomic E-state index is 0.0385. The Balaban J connectivity index is 1.94. The molecule has 2 N–H and O–H groups in total. The molecule has 0 saturated carbocycles. The average molecular weight is 270 g/mol. The Morgan fingerprint density at radius 2 is 2.35 bits per heavy atom. The number of rotatable bonds is 0. The maximum atomic E-state index is 6.27. The molecule has 0 bridgehead atoms. The maximum Gasteiger partial charge on any atom is 0.125 e. The molecular formula is C13H16ClNOS. The third-order valence-corrected chi connectivity index (χ3v) is 5.12. The molecular weight excluding hydrogens is 254 g/mol. The fourth-order valence-corrected chi connectivity index (χ4v) is 4.12. The van der Waals surface area contributed by atoms with E-state index in [1.54, 1.807) is 0 Å². The highest BCUT2D eigenvalue weighted by atomic mass is 35.5. The van der Waals surface area contributed by atoms with Crippen molar-refractivity contribution in [2.45, 2.75) is 30.9 Å². The molecule has 1 saturated heterocycles. The summed E-state index contributed by atoms with van der Waals surface area (Å²) in [5.74, 6) is 3.23. The zero-order valence-corrected chi connectivity index (χ0v) is 11.2. The molecule has 1 fully saturated rings. The molecule has 17 heavy (non-hydrogen) atoms. The van der Waals surface area contributed by atoms with Crippen molar-refractivity contribution in [2.24, 2.45) is 5.73 Å². The van der Waals surface area contributed by atoms with Gasteiger partial charge in [-0.25, -0.2) is 0 Å². The van der Waals surface area contributed by atoms with Crippen molar-refractivity contribution in [2.75, 3.05) is 11.5 Å². The van der Waals surface area contributed by atoms with Gasteiger partial charge in [0, 0.05) is 28.8 Å². The van der Waals surface area contributed by atoms with Gasteiger partial charge in [-0.15, -0.1) is 0 Å². The first kappa shape index (κ1) is 11.7. The van der Waals surface area contributed by atoms with Crippen LogP contribution in [0.15, 0.2) is 18.2 Å². The number of nitrogens with two attached hydrogens (primary N) is 1. The van der Waals surface area contributed by atoms with Crippen molar-refractivity contribution >= 4 is 23.4 Å². The summed E-state index contributed by atoms with van der Waals surface area (Å²) in [6.45, 7) is 0. The van der Waals surface area contributed by atoms with Crippen LogP contribution in [-0.4, -0.2) is 17.1 Å². The molecule has 2 heterocycles. The van der Waals surface area contributed by atoms with E-state index in [0.29, 0.717) is 0 Å². The van der Waals surface area contributed by atoms with Gasteiger partial charge in [0.2, 0.25) is 0 Å². The van der Waals surface area contributed by atoms with Crippen LogP contribution in [0.2, 0.25) is 5.02 Å². The molecule has 1 aromatic rings. The summed E-state index contributed by atoms with van der Waals surface area (Å²) in [4.78, 5) is 0. The van der Waals surface area contributed by atoms with Gasteiger partial charge in [-0.2, -0.15) is 11.8 Å². The van der Waals surface area contributed by atoms with E-state index >= 15 is 0 Å². The molecule has 0 aromatic heterocycles. The number of hydrogen-bond acceptors (Lipinski definition) is 3. The molecule has 4 heteroatoms. The molecule has 2 atom stereocenters. The quantitative estimate of drug-likeness (QED) is 0.784. The topological polar surface area (TPSA) is 35.2 Å². The van der Waals surface area contributed by atoms with Crippen LogP contribution in [0.5, 0.6) is 5.75 Å². The van der Waals surface area contributed by atoms with E-state index in [0.717, 1.165) is 34.9 Å². The van der Waals surface area contributed by atoms with Crippen LogP contribution in [0.3, 0.4) is 0 Å². The second kappa shape index (κ2) is 4.38.